The van der Waals surface area contributed by atoms with Gasteiger partial charge in [0.15, 0.2) is 0 Å². The van der Waals surface area contributed by atoms with Crippen molar-refractivity contribution in [2.24, 2.45) is 0 Å². The van der Waals surface area contributed by atoms with Gasteiger partial charge in [-0.05, 0) is 31.5 Å². The molecule has 3 rings (SSSR count). The van der Waals surface area contributed by atoms with Crippen LogP contribution in [-0.2, 0) is 0 Å². The zero-order valence-corrected chi connectivity index (χ0v) is 9.98. The Bertz CT molecular complexity index is 521. The van der Waals surface area contributed by atoms with Gasteiger partial charge in [-0.1, -0.05) is 6.07 Å². The quantitative estimate of drug-likeness (QED) is 0.561. The van der Waals surface area contributed by atoms with Crippen molar-refractivity contribution in [1.29, 1.82) is 0 Å². The number of imide groups is 1. The maximum absolute atomic E-state index is 12.3. The van der Waals surface area contributed by atoms with E-state index in [0.29, 0.717) is 23.4 Å². The van der Waals surface area contributed by atoms with Gasteiger partial charge in [-0.2, -0.15) is 0 Å². The van der Waals surface area contributed by atoms with E-state index >= 15 is 0 Å². The maximum atomic E-state index is 12.3. The van der Waals surface area contributed by atoms with Crippen molar-refractivity contribution in [3.8, 4) is 0 Å². The maximum Gasteiger partial charge on any atom is 0.263 e. The van der Waals surface area contributed by atoms with Crippen LogP contribution in [0.1, 0.15) is 33.6 Å². The van der Waals surface area contributed by atoms with Gasteiger partial charge in [-0.25, -0.2) is 0 Å². The van der Waals surface area contributed by atoms with Crippen LogP contribution in [0.5, 0.6) is 0 Å². The van der Waals surface area contributed by atoms with Gasteiger partial charge in [0, 0.05) is 12.2 Å². The van der Waals surface area contributed by atoms with Crippen LogP contribution in [0.2, 0.25) is 0 Å². The zero-order valence-electron chi connectivity index (χ0n) is 9.98. The van der Waals surface area contributed by atoms with E-state index in [0.717, 1.165) is 19.4 Å². The number of nitrogens with one attached hydrogen (secondary N) is 1. The number of nitrogen functional groups attached to an aromatic ring is 1. The second kappa shape index (κ2) is 4.10. The molecule has 0 saturated carbocycles. The van der Waals surface area contributed by atoms with E-state index in [4.69, 9.17) is 5.73 Å². The molecule has 18 heavy (non-hydrogen) atoms. The van der Waals surface area contributed by atoms with Crippen molar-refractivity contribution in [3.05, 3.63) is 29.3 Å². The number of carbonyl (C=O) groups is 2. The molecule has 1 saturated heterocycles. The molecule has 0 spiro atoms. The van der Waals surface area contributed by atoms with E-state index in [2.05, 4.69) is 5.32 Å². The zero-order chi connectivity index (χ0) is 12.7. The third kappa shape index (κ3) is 1.51. The van der Waals surface area contributed by atoms with Crippen LogP contribution in [-0.4, -0.2) is 35.8 Å². The largest absolute Gasteiger partial charge is 0.398 e. The second-order valence-electron chi connectivity index (χ2n) is 4.75. The molecule has 1 atom stereocenters. The van der Waals surface area contributed by atoms with Crippen LogP contribution in [0.25, 0.3) is 0 Å². The summed E-state index contributed by atoms with van der Waals surface area (Å²) in [6, 6.07) is 4.99. The van der Waals surface area contributed by atoms with Crippen LogP contribution < -0.4 is 11.1 Å². The van der Waals surface area contributed by atoms with Gasteiger partial charge in [-0.3, -0.25) is 14.5 Å². The number of rotatable bonds is 1. The van der Waals surface area contributed by atoms with Gasteiger partial charge in [0.25, 0.3) is 11.8 Å². The first-order valence-corrected chi connectivity index (χ1v) is 6.17. The summed E-state index contributed by atoms with van der Waals surface area (Å²) < 4.78 is 0. The Hall–Kier alpha value is -1.88. The lowest BCUT2D eigenvalue weighted by Crippen LogP contribution is -2.48. The van der Waals surface area contributed by atoms with Crippen molar-refractivity contribution >= 4 is 17.5 Å². The fourth-order valence-corrected chi connectivity index (χ4v) is 2.71. The molecule has 1 aromatic carbocycles. The third-order valence-electron chi connectivity index (χ3n) is 3.61. The fourth-order valence-electron chi connectivity index (χ4n) is 2.71. The number of hydrogen-bond donors (Lipinski definition) is 2. The normalized spacial score (nSPS) is 23.3. The molecule has 0 bridgehead atoms. The fraction of sp³-hybridized carbons (Fsp3) is 0.385. The SMILES string of the molecule is Nc1cccc2c1C(=O)N(C1CCCNC1)C2=O. The molecule has 1 aromatic rings. The molecule has 94 valence electrons. The number of fused-ring (bicyclic) bond motifs is 1. The molecule has 2 aliphatic rings. The first-order chi connectivity index (χ1) is 8.70. The van der Waals surface area contributed by atoms with Crippen molar-refractivity contribution in [2.45, 2.75) is 18.9 Å². The van der Waals surface area contributed by atoms with Gasteiger partial charge in [0.05, 0.1) is 17.2 Å². The molecule has 5 heteroatoms. The standard InChI is InChI=1S/C13H15N3O2/c14-10-5-1-4-9-11(10)13(18)16(12(9)17)8-3-2-6-15-7-8/h1,4-5,8,15H,2-3,6-7,14H2. The summed E-state index contributed by atoms with van der Waals surface area (Å²) in [7, 11) is 0. The van der Waals surface area contributed by atoms with Crippen molar-refractivity contribution in [1.82, 2.24) is 10.2 Å². The Labute approximate surface area is 105 Å². The number of nitrogens with two attached hydrogens (primary N) is 1. The van der Waals surface area contributed by atoms with Crippen molar-refractivity contribution < 1.29 is 9.59 Å². The van der Waals surface area contributed by atoms with Crippen LogP contribution in [0.3, 0.4) is 0 Å². The second-order valence-corrected chi connectivity index (χ2v) is 4.75. The van der Waals surface area contributed by atoms with Crippen molar-refractivity contribution in [2.75, 3.05) is 18.8 Å². The van der Waals surface area contributed by atoms with Crippen LogP contribution in [0.15, 0.2) is 18.2 Å². The van der Waals surface area contributed by atoms with Gasteiger partial charge in [0.2, 0.25) is 0 Å². The average Bonchev–Trinajstić information content (AvgIpc) is 2.64. The topological polar surface area (TPSA) is 75.4 Å². The molecule has 0 radical (unpaired) electrons. The minimum absolute atomic E-state index is 0.0504. The lowest BCUT2D eigenvalue weighted by atomic mass is 10.1. The summed E-state index contributed by atoms with van der Waals surface area (Å²) in [6.45, 7) is 1.62. The number of hydrogen-bond acceptors (Lipinski definition) is 4. The molecular formula is C13H15N3O2. The van der Waals surface area contributed by atoms with Gasteiger partial charge in [0.1, 0.15) is 0 Å². The summed E-state index contributed by atoms with van der Waals surface area (Å²) >= 11 is 0. The Balaban J connectivity index is 1.99. The first-order valence-electron chi connectivity index (χ1n) is 6.17. The molecule has 2 heterocycles. The van der Waals surface area contributed by atoms with Gasteiger partial charge >= 0.3 is 0 Å². The highest BCUT2D eigenvalue weighted by atomic mass is 16.2. The Morgan fingerprint density at radius 3 is 2.78 bits per heavy atom. The molecule has 3 N–H and O–H groups in total. The Morgan fingerprint density at radius 1 is 1.28 bits per heavy atom. The predicted octanol–water partition coefficient (Wildman–Crippen LogP) is 0.617. The molecule has 1 unspecified atom stereocenters. The average molecular weight is 245 g/mol. The number of carbonyl (C=O) groups excluding carboxylic acids is 2. The van der Waals surface area contributed by atoms with Gasteiger partial charge < -0.3 is 11.1 Å². The summed E-state index contributed by atoms with van der Waals surface area (Å²) in [5.41, 5.74) is 6.99. The molecular weight excluding hydrogens is 230 g/mol. The molecule has 5 nitrogen and oxygen atoms in total. The van der Waals surface area contributed by atoms with Crippen LogP contribution in [0, 0.1) is 0 Å². The van der Waals surface area contributed by atoms with E-state index in [-0.39, 0.29) is 17.9 Å². The number of anilines is 1. The lowest BCUT2D eigenvalue weighted by molar-refractivity contribution is 0.0561. The molecule has 2 amide bonds. The van der Waals surface area contributed by atoms with E-state index in [1.165, 1.54) is 4.90 Å². The van der Waals surface area contributed by atoms with Crippen LogP contribution in [0.4, 0.5) is 5.69 Å². The highest BCUT2D eigenvalue weighted by molar-refractivity contribution is 6.23. The summed E-state index contributed by atoms with van der Waals surface area (Å²) in [5, 5.41) is 3.22. The van der Waals surface area contributed by atoms with E-state index in [1.54, 1.807) is 18.2 Å². The third-order valence-corrected chi connectivity index (χ3v) is 3.61. The monoisotopic (exact) mass is 245 g/mol. The highest BCUT2D eigenvalue weighted by Crippen LogP contribution is 2.30. The minimum atomic E-state index is -0.248. The Kier molecular flexibility index (Phi) is 2.56. The summed E-state index contributed by atoms with van der Waals surface area (Å²) in [4.78, 5) is 26.0. The minimum Gasteiger partial charge on any atom is -0.398 e. The summed E-state index contributed by atoms with van der Waals surface area (Å²) in [5.74, 6) is -0.460. The smallest absolute Gasteiger partial charge is 0.263 e. The van der Waals surface area contributed by atoms with E-state index in [1.807, 2.05) is 0 Å². The van der Waals surface area contributed by atoms with E-state index in [9.17, 15) is 9.59 Å². The van der Waals surface area contributed by atoms with Crippen molar-refractivity contribution in [3.63, 3.8) is 0 Å². The van der Waals surface area contributed by atoms with Gasteiger partial charge in [-0.15, -0.1) is 0 Å². The molecule has 0 aliphatic carbocycles. The predicted molar refractivity (Wildman–Crippen MR) is 67.2 cm³/mol. The number of amides is 2. The number of benzene rings is 1. The first kappa shape index (κ1) is 11.2. The van der Waals surface area contributed by atoms with E-state index < -0.39 is 0 Å². The Morgan fingerprint density at radius 2 is 2.11 bits per heavy atom. The molecule has 1 fully saturated rings. The molecule has 2 aliphatic heterocycles. The van der Waals surface area contributed by atoms with Crippen LogP contribution >= 0.6 is 0 Å². The number of nitrogens with zero attached hydrogens (tertiary/aromatic N) is 1. The highest BCUT2D eigenvalue weighted by Gasteiger charge is 2.41. The number of piperidine rings is 1. The lowest BCUT2D eigenvalue weighted by Gasteiger charge is -2.29. The molecule has 0 aromatic heterocycles. The summed E-state index contributed by atoms with van der Waals surface area (Å²) in [6.07, 6.45) is 1.84.